The maximum absolute atomic E-state index is 11.4. The first-order valence-corrected chi connectivity index (χ1v) is 5.53. The SMILES string of the molecule is CCC(=O)NNC(C)=CC(=O)NC(C)CC. The number of allylic oxidation sites excluding steroid dienone is 1. The lowest BCUT2D eigenvalue weighted by Gasteiger charge is -2.10. The molecule has 0 aromatic heterocycles. The van der Waals surface area contributed by atoms with E-state index in [4.69, 9.17) is 0 Å². The molecule has 0 spiro atoms. The molecule has 5 nitrogen and oxygen atoms in total. The van der Waals surface area contributed by atoms with E-state index in [0.717, 1.165) is 6.42 Å². The van der Waals surface area contributed by atoms with Crippen LogP contribution in [0.15, 0.2) is 11.8 Å². The molecule has 1 unspecified atom stereocenters. The molecule has 92 valence electrons. The summed E-state index contributed by atoms with van der Waals surface area (Å²) >= 11 is 0. The van der Waals surface area contributed by atoms with E-state index in [2.05, 4.69) is 16.2 Å². The summed E-state index contributed by atoms with van der Waals surface area (Å²) in [6.07, 6.45) is 2.71. The molecular weight excluding hydrogens is 206 g/mol. The van der Waals surface area contributed by atoms with Gasteiger partial charge in [0.15, 0.2) is 0 Å². The Labute approximate surface area is 96.6 Å². The number of carbonyl (C=O) groups is 2. The van der Waals surface area contributed by atoms with Crippen molar-refractivity contribution < 1.29 is 9.59 Å². The molecule has 5 heteroatoms. The summed E-state index contributed by atoms with van der Waals surface area (Å²) in [5.41, 5.74) is 5.72. The third-order valence-electron chi connectivity index (χ3n) is 2.07. The van der Waals surface area contributed by atoms with Crippen molar-refractivity contribution in [3.05, 3.63) is 11.8 Å². The van der Waals surface area contributed by atoms with E-state index < -0.39 is 0 Å². The van der Waals surface area contributed by atoms with Crippen LogP contribution in [0.2, 0.25) is 0 Å². The van der Waals surface area contributed by atoms with E-state index in [0.29, 0.717) is 12.1 Å². The van der Waals surface area contributed by atoms with Crippen molar-refractivity contribution in [3.63, 3.8) is 0 Å². The summed E-state index contributed by atoms with van der Waals surface area (Å²) in [7, 11) is 0. The zero-order valence-corrected chi connectivity index (χ0v) is 10.4. The number of amides is 2. The van der Waals surface area contributed by atoms with Gasteiger partial charge in [0.1, 0.15) is 0 Å². The minimum atomic E-state index is -0.162. The average Bonchev–Trinajstić information content (AvgIpc) is 2.25. The van der Waals surface area contributed by atoms with E-state index in [-0.39, 0.29) is 17.9 Å². The number of hydrazine groups is 1. The molecule has 1 atom stereocenters. The quantitative estimate of drug-likeness (QED) is 0.465. The van der Waals surface area contributed by atoms with E-state index >= 15 is 0 Å². The standard InChI is InChI=1S/C11H21N3O2/c1-5-8(3)12-11(16)7-9(4)13-14-10(15)6-2/h7-8,13H,5-6H2,1-4H3,(H,12,16)(H,14,15). The van der Waals surface area contributed by atoms with Gasteiger partial charge >= 0.3 is 0 Å². The minimum absolute atomic E-state index is 0.116. The number of rotatable bonds is 6. The Hall–Kier alpha value is -1.52. The van der Waals surface area contributed by atoms with Gasteiger partial charge in [-0.3, -0.25) is 15.0 Å². The number of nitrogens with one attached hydrogen (secondary N) is 3. The van der Waals surface area contributed by atoms with Gasteiger partial charge in [-0.05, 0) is 20.3 Å². The predicted molar refractivity (Wildman–Crippen MR) is 63.2 cm³/mol. The number of hydrogen-bond acceptors (Lipinski definition) is 3. The Balaban J connectivity index is 4.01. The molecule has 0 aliphatic heterocycles. The molecule has 0 heterocycles. The molecule has 0 fully saturated rings. The fourth-order valence-corrected chi connectivity index (χ4v) is 0.876. The Morgan fingerprint density at radius 1 is 1.25 bits per heavy atom. The van der Waals surface area contributed by atoms with Crippen LogP contribution in [0, 0.1) is 0 Å². The van der Waals surface area contributed by atoms with Crippen LogP contribution in [-0.2, 0) is 9.59 Å². The minimum Gasteiger partial charge on any atom is -0.350 e. The second-order valence-corrected chi connectivity index (χ2v) is 3.67. The number of hydrogen-bond donors (Lipinski definition) is 3. The lowest BCUT2D eigenvalue weighted by atomic mass is 10.2. The van der Waals surface area contributed by atoms with Crippen LogP contribution in [0.1, 0.15) is 40.5 Å². The van der Waals surface area contributed by atoms with Crippen molar-refractivity contribution in [3.8, 4) is 0 Å². The topological polar surface area (TPSA) is 70.2 Å². The molecule has 0 aliphatic rings. The van der Waals surface area contributed by atoms with Crippen molar-refractivity contribution in [2.24, 2.45) is 0 Å². The first-order valence-electron chi connectivity index (χ1n) is 5.53. The molecule has 16 heavy (non-hydrogen) atoms. The summed E-state index contributed by atoms with van der Waals surface area (Å²) in [6.45, 7) is 7.41. The highest BCUT2D eigenvalue weighted by atomic mass is 16.2. The molecule has 0 aromatic carbocycles. The predicted octanol–water partition coefficient (Wildman–Crippen LogP) is 0.836. The average molecular weight is 227 g/mol. The zero-order chi connectivity index (χ0) is 12.6. The Kier molecular flexibility index (Phi) is 7.00. The van der Waals surface area contributed by atoms with E-state index in [1.54, 1.807) is 13.8 Å². The van der Waals surface area contributed by atoms with Crippen LogP contribution in [0.3, 0.4) is 0 Å². The molecule has 0 radical (unpaired) electrons. The molecule has 3 N–H and O–H groups in total. The van der Waals surface area contributed by atoms with Gasteiger partial charge in [-0.2, -0.15) is 0 Å². The van der Waals surface area contributed by atoms with Gasteiger partial charge in [-0.25, -0.2) is 0 Å². The summed E-state index contributed by atoms with van der Waals surface area (Å²) in [5, 5.41) is 2.79. The third-order valence-corrected chi connectivity index (χ3v) is 2.07. The third kappa shape index (κ3) is 6.86. The summed E-state index contributed by atoms with van der Waals surface area (Å²) < 4.78 is 0. The molecule has 0 aliphatic carbocycles. The highest BCUT2D eigenvalue weighted by molar-refractivity contribution is 5.88. The van der Waals surface area contributed by atoms with Gasteiger partial charge in [0.05, 0.1) is 0 Å². The second kappa shape index (κ2) is 7.73. The highest BCUT2D eigenvalue weighted by Crippen LogP contribution is 1.90. The first kappa shape index (κ1) is 14.5. The van der Waals surface area contributed by atoms with Crippen LogP contribution >= 0.6 is 0 Å². The van der Waals surface area contributed by atoms with Crippen LogP contribution in [0.25, 0.3) is 0 Å². The van der Waals surface area contributed by atoms with Crippen LogP contribution < -0.4 is 16.2 Å². The highest BCUT2D eigenvalue weighted by Gasteiger charge is 2.03. The maximum Gasteiger partial charge on any atom is 0.245 e. The van der Waals surface area contributed by atoms with Crippen molar-refractivity contribution >= 4 is 11.8 Å². The van der Waals surface area contributed by atoms with Crippen LogP contribution in [0.5, 0.6) is 0 Å². The van der Waals surface area contributed by atoms with Gasteiger partial charge < -0.3 is 10.7 Å². The Morgan fingerprint density at radius 3 is 2.38 bits per heavy atom. The first-order chi connectivity index (χ1) is 7.49. The van der Waals surface area contributed by atoms with E-state index in [1.165, 1.54) is 6.08 Å². The zero-order valence-electron chi connectivity index (χ0n) is 10.4. The monoisotopic (exact) mass is 227 g/mol. The molecule has 0 saturated carbocycles. The van der Waals surface area contributed by atoms with Crippen molar-refractivity contribution in [2.45, 2.75) is 46.6 Å². The largest absolute Gasteiger partial charge is 0.350 e. The van der Waals surface area contributed by atoms with Gasteiger partial charge in [0, 0.05) is 24.2 Å². The fourth-order valence-electron chi connectivity index (χ4n) is 0.876. The number of carbonyl (C=O) groups excluding carboxylic acids is 2. The van der Waals surface area contributed by atoms with E-state index in [1.807, 2.05) is 13.8 Å². The summed E-state index contributed by atoms with van der Waals surface area (Å²) in [4.78, 5) is 22.3. The lowest BCUT2D eigenvalue weighted by Crippen LogP contribution is -2.37. The van der Waals surface area contributed by atoms with Crippen molar-refractivity contribution in [1.29, 1.82) is 0 Å². The van der Waals surface area contributed by atoms with Gasteiger partial charge in [0.2, 0.25) is 11.8 Å². The molecule has 0 aromatic rings. The molecular formula is C11H21N3O2. The smallest absolute Gasteiger partial charge is 0.245 e. The normalized spacial score (nSPS) is 12.9. The Morgan fingerprint density at radius 2 is 1.88 bits per heavy atom. The molecule has 0 rings (SSSR count). The van der Waals surface area contributed by atoms with Gasteiger partial charge in [-0.15, -0.1) is 0 Å². The summed E-state index contributed by atoms with van der Waals surface area (Å²) in [5.74, 6) is -0.278. The van der Waals surface area contributed by atoms with Crippen molar-refractivity contribution in [2.75, 3.05) is 0 Å². The second-order valence-electron chi connectivity index (χ2n) is 3.67. The Bertz CT molecular complexity index is 274. The lowest BCUT2D eigenvalue weighted by molar-refractivity contribution is -0.121. The van der Waals surface area contributed by atoms with Gasteiger partial charge in [0.25, 0.3) is 0 Å². The fraction of sp³-hybridized carbons (Fsp3) is 0.636. The molecule has 2 amide bonds. The van der Waals surface area contributed by atoms with Gasteiger partial charge in [-0.1, -0.05) is 13.8 Å². The molecule has 0 bridgehead atoms. The van der Waals surface area contributed by atoms with Crippen molar-refractivity contribution in [1.82, 2.24) is 16.2 Å². The van der Waals surface area contributed by atoms with E-state index in [9.17, 15) is 9.59 Å². The molecule has 0 saturated heterocycles. The summed E-state index contributed by atoms with van der Waals surface area (Å²) in [6, 6.07) is 0.154. The van der Waals surface area contributed by atoms with Crippen LogP contribution in [0.4, 0.5) is 0 Å². The maximum atomic E-state index is 11.4. The van der Waals surface area contributed by atoms with Crippen LogP contribution in [-0.4, -0.2) is 17.9 Å².